The number of fused-ring (bicyclic) bond motifs is 2. The third kappa shape index (κ3) is 4.61. The monoisotopic (exact) mass is 501 g/mol. The predicted molar refractivity (Wildman–Crippen MR) is 142 cm³/mol. The Bertz CT molecular complexity index is 1290. The lowest BCUT2D eigenvalue weighted by molar-refractivity contribution is 0.0766. The molecule has 3 atom stereocenters. The third-order valence-corrected chi connectivity index (χ3v) is 8.27. The van der Waals surface area contributed by atoms with E-state index in [1.54, 1.807) is 19.2 Å². The van der Waals surface area contributed by atoms with Gasteiger partial charge < -0.3 is 20.1 Å². The molecule has 194 valence electrons. The van der Waals surface area contributed by atoms with Gasteiger partial charge in [0.05, 0.1) is 24.6 Å². The molecule has 1 saturated carbocycles. The maximum absolute atomic E-state index is 10.8. The molecule has 9 nitrogen and oxygen atoms in total. The summed E-state index contributed by atoms with van der Waals surface area (Å²) in [4.78, 5) is 7.13. The molecule has 2 aromatic heterocycles. The first-order valence-corrected chi connectivity index (χ1v) is 13.3. The van der Waals surface area contributed by atoms with Gasteiger partial charge in [0.15, 0.2) is 11.6 Å². The second-order valence-electron chi connectivity index (χ2n) is 11.6. The Morgan fingerprint density at radius 2 is 1.76 bits per heavy atom. The summed E-state index contributed by atoms with van der Waals surface area (Å²) in [6, 6.07) is 8.06. The molecule has 2 saturated heterocycles. The van der Waals surface area contributed by atoms with E-state index in [9.17, 15) is 5.11 Å². The van der Waals surface area contributed by atoms with Gasteiger partial charge in [0.1, 0.15) is 17.2 Å². The summed E-state index contributed by atoms with van der Waals surface area (Å²) in [6.07, 6.45) is 10.2. The van der Waals surface area contributed by atoms with Crippen molar-refractivity contribution in [2.24, 2.45) is 0 Å². The van der Waals surface area contributed by atoms with Crippen molar-refractivity contribution >= 4 is 5.82 Å². The van der Waals surface area contributed by atoms with Crippen molar-refractivity contribution in [2.45, 2.75) is 88.9 Å². The quantitative estimate of drug-likeness (QED) is 0.506. The van der Waals surface area contributed by atoms with Crippen molar-refractivity contribution in [2.75, 3.05) is 12.0 Å². The Morgan fingerprint density at radius 1 is 1.00 bits per heavy atom. The molecule has 6 rings (SSSR count). The number of methoxy groups -OCH3 is 1. The van der Waals surface area contributed by atoms with Gasteiger partial charge in [0, 0.05) is 34.8 Å². The smallest absolute Gasteiger partial charge is 0.185 e. The number of benzene rings is 1. The SMILES string of the molecule is COc1cc(-c2ccc(-c3ncc(N(C4CC4)C4C[C@]5(C)CCC[C@](C)(C4)N5)nn3)c(O)c2)nnc1C. The number of aryl methyl sites for hydroxylation is 1. The highest BCUT2D eigenvalue weighted by molar-refractivity contribution is 5.71. The highest BCUT2D eigenvalue weighted by Gasteiger charge is 2.49. The largest absolute Gasteiger partial charge is 0.507 e. The fraction of sp³-hybridized carbons (Fsp3) is 0.536. The molecule has 37 heavy (non-hydrogen) atoms. The molecule has 0 amide bonds. The minimum atomic E-state index is 0.0690. The van der Waals surface area contributed by atoms with Crippen molar-refractivity contribution < 1.29 is 9.84 Å². The van der Waals surface area contributed by atoms with Gasteiger partial charge in [0.25, 0.3) is 0 Å². The van der Waals surface area contributed by atoms with E-state index >= 15 is 0 Å². The zero-order valence-corrected chi connectivity index (χ0v) is 22.0. The molecule has 1 aromatic carbocycles. The van der Waals surface area contributed by atoms with Gasteiger partial charge in [-0.3, -0.25) is 0 Å². The van der Waals surface area contributed by atoms with Crippen LogP contribution in [-0.2, 0) is 0 Å². The molecule has 9 heteroatoms. The number of nitrogens with zero attached hydrogens (tertiary/aromatic N) is 6. The Kier molecular flexibility index (Phi) is 5.78. The Labute approximate surface area is 217 Å². The number of ether oxygens (including phenoxy) is 1. The second kappa shape index (κ2) is 8.90. The van der Waals surface area contributed by atoms with Crippen LogP contribution in [0.2, 0.25) is 0 Å². The van der Waals surface area contributed by atoms with Crippen LogP contribution in [0.25, 0.3) is 22.6 Å². The van der Waals surface area contributed by atoms with Crippen LogP contribution in [0.3, 0.4) is 0 Å². The van der Waals surface area contributed by atoms with Crippen molar-refractivity contribution in [3.63, 3.8) is 0 Å². The summed E-state index contributed by atoms with van der Waals surface area (Å²) in [7, 11) is 1.60. The van der Waals surface area contributed by atoms with Gasteiger partial charge in [0.2, 0.25) is 0 Å². The Balaban J connectivity index is 1.25. The number of nitrogens with one attached hydrogen (secondary N) is 1. The molecular weight excluding hydrogens is 466 g/mol. The first-order valence-electron chi connectivity index (χ1n) is 13.3. The minimum absolute atomic E-state index is 0.0690. The van der Waals surface area contributed by atoms with E-state index < -0.39 is 0 Å². The molecule has 2 N–H and O–H groups in total. The van der Waals surface area contributed by atoms with Crippen LogP contribution in [-0.4, -0.2) is 60.8 Å². The number of aromatic hydroxyl groups is 1. The zero-order chi connectivity index (χ0) is 25.8. The molecular formula is C28H35N7O2. The van der Waals surface area contributed by atoms with E-state index in [0.717, 1.165) is 24.2 Å². The van der Waals surface area contributed by atoms with E-state index in [2.05, 4.69) is 49.4 Å². The van der Waals surface area contributed by atoms with Gasteiger partial charge in [-0.15, -0.1) is 15.3 Å². The second-order valence-corrected chi connectivity index (χ2v) is 11.6. The van der Waals surface area contributed by atoms with E-state index in [1.807, 2.05) is 25.3 Å². The molecule has 0 spiro atoms. The van der Waals surface area contributed by atoms with Crippen LogP contribution >= 0.6 is 0 Å². The van der Waals surface area contributed by atoms with E-state index in [-0.39, 0.29) is 16.8 Å². The number of phenols is 1. The Morgan fingerprint density at radius 3 is 2.38 bits per heavy atom. The van der Waals surface area contributed by atoms with E-state index in [0.29, 0.717) is 40.6 Å². The van der Waals surface area contributed by atoms with Crippen LogP contribution in [0.1, 0.15) is 64.5 Å². The lowest BCUT2D eigenvalue weighted by Crippen LogP contribution is -2.67. The van der Waals surface area contributed by atoms with Crippen LogP contribution in [0, 0.1) is 6.92 Å². The van der Waals surface area contributed by atoms with Crippen molar-refractivity contribution in [1.82, 2.24) is 30.7 Å². The minimum Gasteiger partial charge on any atom is -0.507 e. The molecule has 1 unspecified atom stereocenters. The molecule has 2 bridgehead atoms. The summed E-state index contributed by atoms with van der Waals surface area (Å²) < 4.78 is 5.36. The summed E-state index contributed by atoms with van der Waals surface area (Å²) >= 11 is 0. The molecule has 3 fully saturated rings. The van der Waals surface area contributed by atoms with Gasteiger partial charge >= 0.3 is 0 Å². The van der Waals surface area contributed by atoms with Gasteiger partial charge in [-0.05, 0) is 77.8 Å². The number of piperidine rings is 2. The standard InChI is InChI=1S/C28H35N7O2/c1-17-24(37-4)13-22(31-30-17)18-6-9-21(23(36)12-18)26-29-16-25(32-33-26)35(19-7-8-19)20-14-27(2)10-5-11-28(3,15-20)34-27/h6,9,12-13,16,19-20,34,36H,5,7-8,10-11,14-15H2,1-4H3/t20?,27-,28+. The van der Waals surface area contributed by atoms with Gasteiger partial charge in [-0.1, -0.05) is 6.07 Å². The lowest BCUT2D eigenvalue weighted by Gasteiger charge is -2.55. The fourth-order valence-electron chi connectivity index (χ4n) is 6.54. The summed E-state index contributed by atoms with van der Waals surface area (Å²) in [5, 5.41) is 32.2. The first-order chi connectivity index (χ1) is 17.8. The molecule has 2 aliphatic heterocycles. The lowest BCUT2D eigenvalue weighted by atomic mass is 9.69. The summed E-state index contributed by atoms with van der Waals surface area (Å²) in [5.41, 5.74) is 2.93. The number of hydrogen-bond acceptors (Lipinski definition) is 9. The highest BCUT2D eigenvalue weighted by atomic mass is 16.5. The fourth-order valence-corrected chi connectivity index (χ4v) is 6.54. The van der Waals surface area contributed by atoms with E-state index in [1.165, 1.54) is 32.1 Å². The number of anilines is 1. The maximum atomic E-state index is 10.8. The maximum Gasteiger partial charge on any atom is 0.185 e. The van der Waals surface area contributed by atoms with Crippen molar-refractivity contribution in [3.8, 4) is 34.1 Å². The molecule has 3 aliphatic rings. The first kappa shape index (κ1) is 24.0. The number of aromatic nitrogens is 5. The van der Waals surface area contributed by atoms with E-state index in [4.69, 9.17) is 4.74 Å². The normalized spacial score (nSPS) is 27.1. The number of phenolic OH excluding ortho intramolecular Hbond substituents is 1. The van der Waals surface area contributed by atoms with Crippen LogP contribution in [0.15, 0.2) is 30.5 Å². The van der Waals surface area contributed by atoms with Crippen LogP contribution in [0.5, 0.6) is 11.5 Å². The van der Waals surface area contributed by atoms with Crippen molar-refractivity contribution in [1.29, 1.82) is 0 Å². The van der Waals surface area contributed by atoms with Crippen LogP contribution in [0.4, 0.5) is 5.82 Å². The van der Waals surface area contributed by atoms with Crippen molar-refractivity contribution in [3.05, 3.63) is 36.2 Å². The Hall–Kier alpha value is -3.33. The molecule has 4 heterocycles. The average Bonchev–Trinajstić information content (AvgIpc) is 3.69. The molecule has 0 radical (unpaired) electrons. The molecule has 3 aromatic rings. The highest BCUT2D eigenvalue weighted by Crippen LogP contribution is 2.45. The number of hydrogen-bond donors (Lipinski definition) is 2. The topological polar surface area (TPSA) is 109 Å². The number of rotatable bonds is 6. The third-order valence-electron chi connectivity index (χ3n) is 8.27. The summed E-state index contributed by atoms with van der Waals surface area (Å²) in [6.45, 7) is 6.59. The van der Waals surface area contributed by atoms with Crippen LogP contribution < -0.4 is 15.0 Å². The average molecular weight is 502 g/mol. The van der Waals surface area contributed by atoms with Gasteiger partial charge in [-0.25, -0.2) is 4.98 Å². The zero-order valence-electron chi connectivity index (χ0n) is 22.0. The predicted octanol–water partition coefficient (Wildman–Crippen LogP) is 4.44. The summed E-state index contributed by atoms with van der Waals surface area (Å²) in [5.74, 6) is 1.95. The molecule has 1 aliphatic carbocycles. The van der Waals surface area contributed by atoms with Gasteiger partial charge in [-0.2, -0.15) is 5.10 Å².